The number of benzene rings is 2. The minimum Gasteiger partial charge on any atom is -0.396 e. The summed E-state index contributed by atoms with van der Waals surface area (Å²) in [6.07, 6.45) is 4.83. The third-order valence-electron chi connectivity index (χ3n) is 3.15. The van der Waals surface area contributed by atoms with E-state index < -0.39 is 0 Å². The van der Waals surface area contributed by atoms with Crippen LogP contribution in [0.15, 0.2) is 72.8 Å². The summed E-state index contributed by atoms with van der Waals surface area (Å²) < 4.78 is 0. The summed E-state index contributed by atoms with van der Waals surface area (Å²) >= 11 is 0. The third kappa shape index (κ3) is 4.65. The van der Waals surface area contributed by atoms with Gasteiger partial charge in [0.25, 0.3) is 0 Å². The van der Waals surface area contributed by atoms with Crippen molar-refractivity contribution in [3.05, 3.63) is 83.9 Å². The highest BCUT2D eigenvalue weighted by molar-refractivity contribution is 5.24. The van der Waals surface area contributed by atoms with Crippen LogP contribution in [0.4, 0.5) is 0 Å². The van der Waals surface area contributed by atoms with Crippen LogP contribution in [0.1, 0.15) is 23.6 Å². The monoisotopic (exact) mass is 267 g/mol. The van der Waals surface area contributed by atoms with Gasteiger partial charge in [-0.05, 0) is 17.5 Å². The maximum absolute atomic E-state index is 8.89. The van der Waals surface area contributed by atoms with Gasteiger partial charge in [-0.25, -0.2) is 0 Å². The van der Waals surface area contributed by atoms with Gasteiger partial charge in [-0.3, -0.25) is 0 Å². The van der Waals surface area contributed by atoms with Crippen LogP contribution >= 0.6 is 0 Å². The molecule has 0 aliphatic carbocycles. The maximum atomic E-state index is 8.89. The van der Waals surface area contributed by atoms with Gasteiger partial charge in [0.05, 0.1) is 6.04 Å². The molecule has 0 saturated carbocycles. The molecule has 0 aliphatic heterocycles. The number of aliphatic hydroxyl groups excluding tert-OH is 1. The second kappa shape index (κ2) is 8.31. The van der Waals surface area contributed by atoms with E-state index in [1.165, 1.54) is 11.1 Å². The van der Waals surface area contributed by atoms with Gasteiger partial charge in [-0.2, -0.15) is 0 Å². The lowest BCUT2D eigenvalue weighted by molar-refractivity contribution is 0.302. The zero-order chi connectivity index (χ0) is 14.0. The molecule has 0 fully saturated rings. The van der Waals surface area contributed by atoms with Gasteiger partial charge in [0, 0.05) is 13.2 Å². The largest absolute Gasteiger partial charge is 0.396 e. The average molecular weight is 267 g/mol. The molecule has 0 saturated heterocycles. The van der Waals surface area contributed by atoms with Gasteiger partial charge in [0.2, 0.25) is 0 Å². The first kappa shape index (κ1) is 14.5. The van der Waals surface area contributed by atoms with Gasteiger partial charge in [-0.15, -0.1) is 0 Å². The van der Waals surface area contributed by atoms with E-state index in [1.54, 1.807) is 0 Å². The third-order valence-corrected chi connectivity index (χ3v) is 3.15. The van der Waals surface area contributed by atoms with Crippen LogP contribution < -0.4 is 5.32 Å². The Hall–Kier alpha value is -1.90. The summed E-state index contributed by atoms with van der Waals surface area (Å²) in [5.74, 6) is 0. The van der Waals surface area contributed by atoms with E-state index in [2.05, 4.69) is 47.8 Å². The molecule has 2 aromatic rings. The van der Waals surface area contributed by atoms with Crippen molar-refractivity contribution in [3.63, 3.8) is 0 Å². The molecule has 2 aromatic carbocycles. The van der Waals surface area contributed by atoms with Gasteiger partial charge >= 0.3 is 0 Å². The molecule has 2 heteroatoms. The van der Waals surface area contributed by atoms with Crippen molar-refractivity contribution in [2.75, 3.05) is 6.61 Å². The molecule has 2 nitrogen and oxygen atoms in total. The Morgan fingerprint density at radius 2 is 1.60 bits per heavy atom. The first-order valence-electron chi connectivity index (χ1n) is 7.00. The second-order valence-corrected chi connectivity index (χ2v) is 4.70. The van der Waals surface area contributed by atoms with Crippen molar-refractivity contribution < 1.29 is 5.11 Å². The minimum absolute atomic E-state index is 0.169. The van der Waals surface area contributed by atoms with Crippen LogP contribution in [0.3, 0.4) is 0 Å². The Labute approximate surface area is 120 Å². The molecule has 0 aliphatic rings. The Kier molecular flexibility index (Phi) is 6.03. The number of hydrogen-bond acceptors (Lipinski definition) is 2. The number of aliphatic hydroxyl groups is 1. The molecule has 20 heavy (non-hydrogen) atoms. The van der Waals surface area contributed by atoms with Crippen LogP contribution in [0, 0.1) is 0 Å². The molecular weight excluding hydrogens is 246 g/mol. The van der Waals surface area contributed by atoms with Crippen LogP contribution in [0.2, 0.25) is 0 Å². The van der Waals surface area contributed by atoms with Crippen molar-refractivity contribution in [1.82, 2.24) is 5.32 Å². The minimum atomic E-state index is 0.169. The Balaban J connectivity index is 2.03. The van der Waals surface area contributed by atoms with Crippen LogP contribution in [0.5, 0.6) is 0 Å². The van der Waals surface area contributed by atoms with Gasteiger partial charge in [0.15, 0.2) is 0 Å². The molecule has 2 N–H and O–H groups in total. The van der Waals surface area contributed by atoms with E-state index >= 15 is 0 Å². The summed E-state index contributed by atoms with van der Waals surface area (Å²) in [6.45, 7) is 1.01. The molecule has 0 heterocycles. The van der Waals surface area contributed by atoms with E-state index in [0.717, 1.165) is 6.54 Å². The zero-order valence-electron chi connectivity index (χ0n) is 11.6. The highest BCUT2D eigenvalue weighted by atomic mass is 16.2. The number of nitrogens with one attached hydrogen (secondary N) is 1. The SMILES string of the molecule is OCCC=CC(NCc1ccccc1)c1ccccc1. The maximum Gasteiger partial charge on any atom is 0.0508 e. The lowest BCUT2D eigenvalue weighted by Crippen LogP contribution is -2.19. The standard InChI is InChI=1S/C18H21NO/c20-14-8-7-13-18(17-11-5-2-6-12-17)19-15-16-9-3-1-4-10-16/h1-7,9-13,18-20H,8,14-15H2. The van der Waals surface area contributed by atoms with E-state index in [0.29, 0.717) is 6.42 Å². The molecule has 0 radical (unpaired) electrons. The van der Waals surface area contributed by atoms with Crippen LogP contribution in [-0.2, 0) is 6.54 Å². The lowest BCUT2D eigenvalue weighted by Gasteiger charge is -2.16. The molecule has 0 amide bonds. The Morgan fingerprint density at radius 3 is 2.25 bits per heavy atom. The topological polar surface area (TPSA) is 32.3 Å². The van der Waals surface area contributed by atoms with Crippen molar-refractivity contribution in [2.24, 2.45) is 0 Å². The fraction of sp³-hybridized carbons (Fsp3) is 0.222. The first-order chi connectivity index (χ1) is 9.90. The predicted molar refractivity (Wildman–Crippen MR) is 83.3 cm³/mol. The molecule has 0 bridgehead atoms. The van der Waals surface area contributed by atoms with Gasteiger partial charge in [0.1, 0.15) is 0 Å². The summed E-state index contributed by atoms with van der Waals surface area (Å²) in [6, 6.07) is 20.9. The Morgan fingerprint density at radius 1 is 0.950 bits per heavy atom. The summed E-state index contributed by atoms with van der Waals surface area (Å²) in [5.41, 5.74) is 2.50. The summed E-state index contributed by atoms with van der Waals surface area (Å²) in [5, 5.41) is 12.4. The van der Waals surface area contributed by atoms with E-state index in [1.807, 2.05) is 30.3 Å². The summed E-state index contributed by atoms with van der Waals surface area (Å²) in [7, 11) is 0. The summed E-state index contributed by atoms with van der Waals surface area (Å²) in [4.78, 5) is 0. The predicted octanol–water partition coefficient (Wildman–Crippen LogP) is 3.46. The first-order valence-corrected chi connectivity index (χ1v) is 7.00. The van der Waals surface area contributed by atoms with E-state index in [-0.39, 0.29) is 12.6 Å². The van der Waals surface area contributed by atoms with Crippen LogP contribution in [-0.4, -0.2) is 11.7 Å². The fourth-order valence-corrected chi connectivity index (χ4v) is 2.09. The second-order valence-electron chi connectivity index (χ2n) is 4.70. The Bertz CT molecular complexity index is 507. The molecule has 1 atom stereocenters. The molecule has 104 valence electrons. The van der Waals surface area contributed by atoms with Crippen molar-refractivity contribution in [3.8, 4) is 0 Å². The van der Waals surface area contributed by atoms with Crippen molar-refractivity contribution in [1.29, 1.82) is 0 Å². The normalized spacial score (nSPS) is 12.7. The molecular formula is C18H21NO. The number of hydrogen-bond donors (Lipinski definition) is 2. The van der Waals surface area contributed by atoms with Crippen molar-refractivity contribution in [2.45, 2.75) is 19.0 Å². The quantitative estimate of drug-likeness (QED) is 0.753. The van der Waals surface area contributed by atoms with E-state index in [9.17, 15) is 0 Å². The van der Waals surface area contributed by atoms with E-state index in [4.69, 9.17) is 5.11 Å². The highest BCUT2D eigenvalue weighted by Gasteiger charge is 2.06. The zero-order valence-corrected chi connectivity index (χ0v) is 11.6. The smallest absolute Gasteiger partial charge is 0.0508 e. The van der Waals surface area contributed by atoms with Gasteiger partial charge < -0.3 is 10.4 Å². The lowest BCUT2D eigenvalue weighted by atomic mass is 10.1. The van der Waals surface area contributed by atoms with Gasteiger partial charge in [-0.1, -0.05) is 72.8 Å². The molecule has 0 spiro atoms. The molecule has 1 unspecified atom stereocenters. The molecule has 0 aromatic heterocycles. The van der Waals surface area contributed by atoms with Crippen molar-refractivity contribution >= 4 is 0 Å². The average Bonchev–Trinajstić information content (AvgIpc) is 2.52. The highest BCUT2D eigenvalue weighted by Crippen LogP contribution is 2.15. The number of rotatable bonds is 7. The fourth-order valence-electron chi connectivity index (χ4n) is 2.09. The molecule has 2 rings (SSSR count). The van der Waals surface area contributed by atoms with Crippen LogP contribution in [0.25, 0.3) is 0 Å².